The van der Waals surface area contributed by atoms with Crippen LogP contribution in [0.15, 0.2) is 30.5 Å². The van der Waals surface area contributed by atoms with Gasteiger partial charge in [0.15, 0.2) is 17.8 Å². The number of benzene rings is 1. The Hall–Kier alpha value is -2.56. The summed E-state index contributed by atoms with van der Waals surface area (Å²) >= 11 is 0. The van der Waals surface area contributed by atoms with Gasteiger partial charge in [0.2, 0.25) is 6.79 Å². The van der Waals surface area contributed by atoms with Crippen LogP contribution in [-0.4, -0.2) is 18.1 Å². The number of aryl methyl sites for hydroxylation is 1. The van der Waals surface area contributed by atoms with Crippen molar-refractivity contribution in [3.8, 4) is 17.2 Å². The topological polar surface area (TPSA) is 57.7 Å². The highest BCUT2D eigenvalue weighted by Crippen LogP contribution is 2.37. The van der Waals surface area contributed by atoms with Crippen LogP contribution in [0.1, 0.15) is 21.6 Å². The monoisotopic (exact) mass is 271 g/mol. The minimum absolute atomic E-state index is 0.163. The molecule has 0 saturated heterocycles. The molecule has 20 heavy (non-hydrogen) atoms. The van der Waals surface area contributed by atoms with Crippen LogP contribution in [0.5, 0.6) is 17.2 Å². The molecule has 1 aliphatic rings. The number of ether oxygens (including phenoxy) is 3. The van der Waals surface area contributed by atoms with Gasteiger partial charge in [-0.15, -0.1) is 0 Å². The number of hydrogen-bond donors (Lipinski definition) is 0. The second-order valence-corrected chi connectivity index (χ2v) is 4.42. The number of rotatable bonds is 4. The van der Waals surface area contributed by atoms with Gasteiger partial charge in [-0.3, -0.25) is 9.78 Å². The predicted molar refractivity (Wildman–Crippen MR) is 71.3 cm³/mol. The summed E-state index contributed by atoms with van der Waals surface area (Å²) in [6.45, 7) is 2.43. The van der Waals surface area contributed by atoms with Crippen LogP contribution in [0.3, 0.4) is 0 Å². The molecule has 0 aliphatic carbocycles. The Balaban J connectivity index is 1.84. The van der Waals surface area contributed by atoms with Crippen molar-refractivity contribution in [3.05, 3.63) is 47.3 Å². The number of pyridine rings is 1. The van der Waals surface area contributed by atoms with Gasteiger partial charge >= 0.3 is 0 Å². The van der Waals surface area contributed by atoms with Crippen molar-refractivity contribution < 1.29 is 19.0 Å². The summed E-state index contributed by atoms with van der Waals surface area (Å²) in [5.41, 5.74) is 2.31. The maximum atomic E-state index is 11.1. The molecule has 0 amide bonds. The van der Waals surface area contributed by atoms with E-state index in [4.69, 9.17) is 14.2 Å². The van der Waals surface area contributed by atoms with Gasteiger partial charge in [-0.05, 0) is 24.6 Å². The maximum Gasteiger partial charge on any atom is 0.231 e. The first-order valence-corrected chi connectivity index (χ1v) is 6.20. The fourth-order valence-electron chi connectivity index (χ4n) is 1.97. The molecule has 0 radical (unpaired) electrons. The fourth-order valence-corrected chi connectivity index (χ4v) is 1.97. The van der Waals surface area contributed by atoms with Crippen LogP contribution in [0.4, 0.5) is 0 Å². The zero-order valence-electron chi connectivity index (χ0n) is 11.0. The van der Waals surface area contributed by atoms with Crippen LogP contribution >= 0.6 is 0 Å². The molecule has 0 bridgehead atoms. The molecule has 1 aliphatic heterocycles. The number of aldehydes is 1. The van der Waals surface area contributed by atoms with Crippen molar-refractivity contribution in [2.24, 2.45) is 0 Å². The van der Waals surface area contributed by atoms with Crippen molar-refractivity contribution in [1.82, 2.24) is 4.98 Å². The number of carbonyl (C=O) groups excluding carboxylic acids is 1. The minimum atomic E-state index is 0.163. The van der Waals surface area contributed by atoms with Crippen LogP contribution < -0.4 is 14.2 Å². The molecule has 0 fully saturated rings. The Kier molecular flexibility index (Phi) is 3.25. The molecule has 0 N–H and O–H groups in total. The number of aromatic nitrogens is 1. The van der Waals surface area contributed by atoms with Crippen LogP contribution in [0.25, 0.3) is 0 Å². The summed E-state index contributed by atoms with van der Waals surface area (Å²) in [6.07, 6.45) is 2.45. The zero-order chi connectivity index (χ0) is 13.9. The van der Waals surface area contributed by atoms with Crippen molar-refractivity contribution >= 4 is 6.29 Å². The maximum absolute atomic E-state index is 11.1. The first kappa shape index (κ1) is 12.5. The van der Waals surface area contributed by atoms with E-state index in [0.717, 1.165) is 17.5 Å². The van der Waals surface area contributed by atoms with Crippen LogP contribution in [-0.2, 0) is 6.61 Å². The quantitative estimate of drug-likeness (QED) is 0.800. The molecule has 0 unspecified atom stereocenters. The van der Waals surface area contributed by atoms with E-state index in [0.29, 0.717) is 29.4 Å². The van der Waals surface area contributed by atoms with Gasteiger partial charge in [-0.25, -0.2) is 0 Å². The van der Waals surface area contributed by atoms with E-state index in [-0.39, 0.29) is 6.79 Å². The van der Waals surface area contributed by atoms with Gasteiger partial charge in [0.05, 0.1) is 11.3 Å². The lowest BCUT2D eigenvalue weighted by molar-refractivity contribution is 0.111. The Morgan fingerprint density at radius 1 is 1.35 bits per heavy atom. The van der Waals surface area contributed by atoms with Crippen molar-refractivity contribution in [3.63, 3.8) is 0 Å². The first-order chi connectivity index (χ1) is 9.78. The van der Waals surface area contributed by atoms with Crippen LogP contribution in [0, 0.1) is 6.92 Å². The highest BCUT2D eigenvalue weighted by atomic mass is 16.7. The summed E-state index contributed by atoms with van der Waals surface area (Å²) in [5, 5.41) is 0. The largest absolute Gasteiger partial charge is 0.486 e. The fraction of sp³-hybridized carbons (Fsp3) is 0.200. The first-order valence-electron chi connectivity index (χ1n) is 6.20. The number of fused-ring (bicyclic) bond motifs is 1. The second-order valence-electron chi connectivity index (χ2n) is 4.42. The molecule has 3 rings (SSSR count). The molecule has 2 aromatic rings. The Labute approximate surface area is 116 Å². The third-order valence-electron chi connectivity index (χ3n) is 3.11. The van der Waals surface area contributed by atoms with E-state index in [2.05, 4.69) is 4.98 Å². The van der Waals surface area contributed by atoms with Crippen LogP contribution in [0.2, 0.25) is 0 Å². The second kappa shape index (κ2) is 5.21. The van der Waals surface area contributed by atoms with Gasteiger partial charge in [0.1, 0.15) is 12.4 Å². The van der Waals surface area contributed by atoms with E-state index in [1.807, 2.05) is 19.1 Å². The average Bonchev–Trinajstić information content (AvgIpc) is 2.92. The molecule has 0 spiro atoms. The molecule has 0 saturated carbocycles. The molecule has 102 valence electrons. The Morgan fingerprint density at radius 3 is 2.90 bits per heavy atom. The molecular formula is C15H13NO4. The summed E-state index contributed by atoms with van der Waals surface area (Å²) in [7, 11) is 0. The summed E-state index contributed by atoms with van der Waals surface area (Å²) < 4.78 is 16.2. The van der Waals surface area contributed by atoms with Crippen molar-refractivity contribution in [2.45, 2.75) is 13.5 Å². The third-order valence-corrected chi connectivity index (χ3v) is 3.11. The van der Waals surface area contributed by atoms with Gasteiger partial charge in [0.25, 0.3) is 0 Å². The molecule has 5 nitrogen and oxygen atoms in total. The van der Waals surface area contributed by atoms with Gasteiger partial charge in [-0.1, -0.05) is 6.07 Å². The minimum Gasteiger partial charge on any atom is -0.486 e. The summed E-state index contributed by atoms with van der Waals surface area (Å²) in [5.74, 6) is 1.62. The SMILES string of the molecule is Cc1cccnc1COc1cc2c(cc1C=O)OCO2. The highest BCUT2D eigenvalue weighted by Gasteiger charge is 2.18. The van der Waals surface area contributed by atoms with Gasteiger partial charge in [-0.2, -0.15) is 0 Å². The van der Waals surface area contributed by atoms with Crippen molar-refractivity contribution in [1.29, 1.82) is 0 Å². The standard InChI is InChI=1S/C15H13NO4/c1-10-3-2-4-16-12(10)8-18-13-6-15-14(19-9-20-15)5-11(13)7-17/h2-7H,8-9H2,1H3. The molecule has 1 aromatic carbocycles. The summed E-state index contributed by atoms with van der Waals surface area (Å²) in [4.78, 5) is 15.4. The number of nitrogens with zero attached hydrogens (tertiary/aromatic N) is 1. The van der Waals surface area contributed by atoms with Gasteiger partial charge in [0, 0.05) is 12.3 Å². The van der Waals surface area contributed by atoms with E-state index < -0.39 is 0 Å². The van der Waals surface area contributed by atoms with Gasteiger partial charge < -0.3 is 14.2 Å². The summed E-state index contributed by atoms with van der Waals surface area (Å²) in [6, 6.07) is 7.13. The van der Waals surface area contributed by atoms with E-state index >= 15 is 0 Å². The van der Waals surface area contributed by atoms with E-state index in [1.54, 1.807) is 18.3 Å². The molecule has 0 atom stereocenters. The average molecular weight is 271 g/mol. The lowest BCUT2D eigenvalue weighted by atomic mass is 10.2. The smallest absolute Gasteiger partial charge is 0.231 e. The van der Waals surface area contributed by atoms with Crippen molar-refractivity contribution in [2.75, 3.05) is 6.79 Å². The highest BCUT2D eigenvalue weighted by molar-refractivity contribution is 5.81. The third kappa shape index (κ3) is 2.30. The van der Waals surface area contributed by atoms with E-state index in [9.17, 15) is 4.79 Å². The number of hydrogen-bond acceptors (Lipinski definition) is 5. The van der Waals surface area contributed by atoms with E-state index in [1.165, 1.54) is 0 Å². The molecule has 5 heteroatoms. The Morgan fingerprint density at radius 2 is 2.15 bits per heavy atom. The lowest BCUT2D eigenvalue weighted by Crippen LogP contribution is -2.02. The Bertz CT molecular complexity index is 654. The predicted octanol–water partition coefficient (Wildman–Crippen LogP) is 2.51. The molecular weight excluding hydrogens is 258 g/mol. The molecule has 1 aromatic heterocycles. The zero-order valence-corrected chi connectivity index (χ0v) is 11.0. The molecule has 2 heterocycles. The number of carbonyl (C=O) groups is 1. The normalized spacial score (nSPS) is 12.2. The lowest BCUT2D eigenvalue weighted by Gasteiger charge is -2.10.